The second-order valence-electron chi connectivity index (χ2n) is 3.24. The van der Waals surface area contributed by atoms with Gasteiger partial charge in [-0.15, -0.1) is 0 Å². The van der Waals surface area contributed by atoms with E-state index in [1.54, 1.807) is 0 Å². The van der Waals surface area contributed by atoms with E-state index in [9.17, 15) is 0 Å². The van der Waals surface area contributed by atoms with Gasteiger partial charge in [-0.3, -0.25) is 0 Å². The van der Waals surface area contributed by atoms with E-state index in [1.165, 1.54) is 13.0 Å². The predicted molar refractivity (Wildman–Crippen MR) is 37.0 cm³/mol. The molecule has 2 fully saturated rings. The number of hydrogen-bond acceptors (Lipinski definition) is 2. The molecule has 0 aromatic rings. The van der Waals surface area contributed by atoms with Crippen molar-refractivity contribution in [2.45, 2.75) is 25.4 Å². The molecular weight excluding hydrogens is 112 g/mol. The van der Waals surface area contributed by atoms with Gasteiger partial charge in [-0.2, -0.15) is 0 Å². The van der Waals surface area contributed by atoms with Crippen molar-refractivity contribution in [3.63, 3.8) is 0 Å². The molecule has 2 rings (SSSR count). The van der Waals surface area contributed by atoms with Crippen molar-refractivity contribution in [3.8, 4) is 0 Å². The van der Waals surface area contributed by atoms with Crippen molar-refractivity contribution in [1.82, 2.24) is 5.32 Å². The van der Waals surface area contributed by atoms with Gasteiger partial charge in [0.15, 0.2) is 0 Å². The van der Waals surface area contributed by atoms with E-state index in [2.05, 4.69) is 12.2 Å². The first-order chi connectivity index (χ1) is 4.34. The standard InChI is InChI=1S/C7H14N2/c1-2-5-6-4(3-9-5)7(6)8/h4-7,9H,2-3,8H2,1H3/t4-,5+,6-,7+/m0/s1. The first kappa shape index (κ1) is 5.69. The maximum absolute atomic E-state index is 5.80. The molecule has 3 N–H and O–H groups in total. The fraction of sp³-hybridized carbons (Fsp3) is 1.00. The van der Waals surface area contributed by atoms with Crippen LogP contribution in [-0.4, -0.2) is 18.6 Å². The Morgan fingerprint density at radius 1 is 1.67 bits per heavy atom. The van der Waals surface area contributed by atoms with Gasteiger partial charge in [0.2, 0.25) is 0 Å². The highest BCUT2D eigenvalue weighted by atomic mass is 15.1. The second-order valence-corrected chi connectivity index (χ2v) is 3.24. The average molecular weight is 126 g/mol. The Kier molecular flexibility index (Phi) is 1.08. The van der Waals surface area contributed by atoms with Gasteiger partial charge in [0.25, 0.3) is 0 Å². The lowest BCUT2D eigenvalue weighted by atomic mass is 10.1. The largest absolute Gasteiger partial charge is 0.327 e. The van der Waals surface area contributed by atoms with Crippen LogP contribution in [0.2, 0.25) is 0 Å². The summed E-state index contributed by atoms with van der Waals surface area (Å²) in [5, 5.41) is 3.46. The summed E-state index contributed by atoms with van der Waals surface area (Å²) in [6, 6.07) is 1.28. The molecule has 52 valence electrons. The first-order valence-corrected chi connectivity index (χ1v) is 3.83. The van der Waals surface area contributed by atoms with Crippen LogP contribution < -0.4 is 11.1 Å². The fourth-order valence-electron chi connectivity index (χ4n) is 2.11. The van der Waals surface area contributed by atoms with Crippen LogP contribution in [0.5, 0.6) is 0 Å². The van der Waals surface area contributed by atoms with E-state index in [0.29, 0.717) is 6.04 Å². The normalized spacial score (nSPS) is 55.3. The summed E-state index contributed by atoms with van der Waals surface area (Å²) in [4.78, 5) is 0. The summed E-state index contributed by atoms with van der Waals surface area (Å²) in [6.07, 6.45) is 1.24. The third-order valence-electron chi connectivity index (χ3n) is 2.81. The maximum Gasteiger partial charge on any atom is 0.0130 e. The summed E-state index contributed by atoms with van der Waals surface area (Å²) < 4.78 is 0. The lowest BCUT2D eigenvalue weighted by Crippen LogP contribution is -2.31. The Bertz CT molecular complexity index is 124. The smallest absolute Gasteiger partial charge is 0.0130 e. The molecule has 0 radical (unpaired) electrons. The highest BCUT2D eigenvalue weighted by Crippen LogP contribution is 2.44. The third-order valence-corrected chi connectivity index (χ3v) is 2.81. The molecule has 1 aliphatic carbocycles. The Balaban J connectivity index is 1.99. The molecule has 2 aliphatic rings. The Hall–Kier alpha value is -0.0800. The van der Waals surface area contributed by atoms with Crippen LogP contribution in [0.15, 0.2) is 0 Å². The Labute approximate surface area is 55.8 Å². The topological polar surface area (TPSA) is 38.0 Å². The van der Waals surface area contributed by atoms with Crippen LogP contribution in [-0.2, 0) is 0 Å². The fourth-order valence-corrected chi connectivity index (χ4v) is 2.11. The number of rotatable bonds is 1. The lowest BCUT2D eigenvalue weighted by Gasteiger charge is -2.10. The van der Waals surface area contributed by atoms with E-state index in [1.807, 2.05) is 0 Å². The monoisotopic (exact) mass is 126 g/mol. The number of nitrogens with two attached hydrogens (primary N) is 1. The van der Waals surface area contributed by atoms with Gasteiger partial charge < -0.3 is 11.1 Å². The molecule has 2 nitrogen and oxygen atoms in total. The molecule has 0 unspecified atom stereocenters. The Morgan fingerprint density at radius 2 is 2.44 bits per heavy atom. The summed E-state index contributed by atoms with van der Waals surface area (Å²) in [7, 11) is 0. The van der Waals surface area contributed by atoms with E-state index in [0.717, 1.165) is 17.9 Å². The van der Waals surface area contributed by atoms with Crippen molar-refractivity contribution in [2.24, 2.45) is 17.6 Å². The number of hydrogen-bond donors (Lipinski definition) is 2. The van der Waals surface area contributed by atoms with Crippen LogP contribution in [0, 0.1) is 11.8 Å². The van der Waals surface area contributed by atoms with Gasteiger partial charge in [-0.1, -0.05) is 6.92 Å². The van der Waals surface area contributed by atoms with E-state index < -0.39 is 0 Å². The third kappa shape index (κ3) is 0.634. The molecule has 1 heterocycles. The molecule has 1 aliphatic heterocycles. The summed E-state index contributed by atoms with van der Waals surface area (Å²) >= 11 is 0. The molecule has 0 amide bonds. The van der Waals surface area contributed by atoms with Crippen molar-refractivity contribution in [2.75, 3.05) is 6.54 Å². The molecule has 0 spiro atoms. The molecule has 9 heavy (non-hydrogen) atoms. The van der Waals surface area contributed by atoms with Gasteiger partial charge in [0, 0.05) is 18.6 Å². The minimum Gasteiger partial charge on any atom is -0.327 e. The van der Waals surface area contributed by atoms with Gasteiger partial charge in [-0.05, 0) is 18.3 Å². The average Bonchev–Trinajstić information content (AvgIpc) is 2.41. The summed E-state index contributed by atoms with van der Waals surface area (Å²) in [5.41, 5.74) is 5.80. The van der Waals surface area contributed by atoms with Crippen LogP contribution in [0.4, 0.5) is 0 Å². The van der Waals surface area contributed by atoms with Crippen molar-refractivity contribution < 1.29 is 0 Å². The lowest BCUT2D eigenvalue weighted by molar-refractivity contribution is 0.500. The highest BCUT2D eigenvalue weighted by molar-refractivity contribution is 5.12. The number of nitrogens with one attached hydrogen (secondary N) is 1. The van der Waals surface area contributed by atoms with Crippen molar-refractivity contribution in [3.05, 3.63) is 0 Å². The number of fused-ring (bicyclic) bond motifs is 1. The van der Waals surface area contributed by atoms with Crippen molar-refractivity contribution in [1.29, 1.82) is 0 Å². The van der Waals surface area contributed by atoms with Gasteiger partial charge in [0.1, 0.15) is 0 Å². The zero-order valence-electron chi connectivity index (χ0n) is 5.80. The zero-order valence-corrected chi connectivity index (χ0v) is 5.80. The molecule has 0 aromatic carbocycles. The molecule has 0 aromatic heterocycles. The molecule has 1 saturated carbocycles. The molecular formula is C7H14N2. The number of piperidine rings is 1. The zero-order chi connectivity index (χ0) is 6.43. The van der Waals surface area contributed by atoms with Gasteiger partial charge in [0.05, 0.1) is 0 Å². The predicted octanol–water partition coefficient (Wildman–Crippen LogP) is -0.0585. The van der Waals surface area contributed by atoms with Crippen LogP contribution in [0.1, 0.15) is 13.3 Å². The molecule has 4 atom stereocenters. The SMILES string of the molecule is CC[C@H]1NC[C@@H]2[C@@H](N)[C@@H]21. The van der Waals surface area contributed by atoms with Crippen LogP contribution >= 0.6 is 0 Å². The first-order valence-electron chi connectivity index (χ1n) is 3.83. The second kappa shape index (κ2) is 1.70. The molecule has 0 bridgehead atoms. The molecule has 2 heteroatoms. The molecule has 1 saturated heterocycles. The van der Waals surface area contributed by atoms with E-state index >= 15 is 0 Å². The van der Waals surface area contributed by atoms with E-state index in [-0.39, 0.29) is 0 Å². The highest BCUT2D eigenvalue weighted by Gasteiger charge is 2.55. The summed E-state index contributed by atoms with van der Waals surface area (Å²) in [6.45, 7) is 3.40. The maximum atomic E-state index is 5.80. The Morgan fingerprint density at radius 3 is 2.78 bits per heavy atom. The van der Waals surface area contributed by atoms with E-state index in [4.69, 9.17) is 5.73 Å². The van der Waals surface area contributed by atoms with Gasteiger partial charge in [-0.25, -0.2) is 0 Å². The minimum absolute atomic E-state index is 0.538. The summed E-state index contributed by atoms with van der Waals surface area (Å²) in [5.74, 6) is 1.66. The minimum atomic E-state index is 0.538. The van der Waals surface area contributed by atoms with Crippen molar-refractivity contribution >= 4 is 0 Å². The van der Waals surface area contributed by atoms with Gasteiger partial charge >= 0.3 is 0 Å². The van der Waals surface area contributed by atoms with Crippen LogP contribution in [0.3, 0.4) is 0 Å². The quantitative estimate of drug-likeness (QED) is 0.516. The van der Waals surface area contributed by atoms with Crippen LogP contribution in [0.25, 0.3) is 0 Å².